The summed E-state index contributed by atoms with van der Waals surface area (Å²) < 4.78 is 21.9. The van der Waals surface area contributed by atoms with Crippen molar-refractivity contribution in [2.75, 3.05) is 7.11 Å². The fraction of sp³-hybridized carbons (Fsp3) is 0.737. The third kappa shape index (κ3) is 6.53. The van der Waals surface area contributed by atoms with E-state index < -0.39 is 35.8 Å². The first-order valence-corrected chi connectivity index (χ1v) is 9.13. The van der Waals surface area contributed by atoms with Crippen LogP contribution in [0.25, 0.3) is 0 Å². The molecule has 1 heterocycles. The molecule has 1 rings (SSSR count). The molecule has 1 aliphatic heterocycles. The Kier molecular flexibility index (Phi) is 8.27. The van der Waals surface area contributed by atoms with E-state index in [2.05, 4.69) is 5.32 Å². The van der Waals surface area contributed by atoms with Crippen molar-refractivity contribution >= 4 is 17.8 Å². The number of amides is 1. The van der Waals surface area contributed by atoms with Crippen LogP contribution >= 0.6 is 0 Å². The lowest BCUT2D eigenvalue weighted by Gasteiger charge is -2.38. The number of rotatable bonds is 7. The van der Waals surface area contributed by atoms with Gasteiger partial charge in [0.2, 0.25) is 18.0 Å². The fourth-order valence-corrected chi connectivity index (χ4v) is 2.44. The Morgan fingerprint density at radius 3 is 2.26 bits per heavy atom. The smallest absolute Gasteiger partial charge is 0.373 e. The summed E-state index contributed by atoms with van der Waals surface area (Å²) in [6.07, 6.45) is 0.670. The highest BCUT2D eigenvalue weighted by atomic mass is 16.7. The van der Waals surface area contributed by atoms with E-state index in [-0.39, 0.29) is 17.8 Å². The van der Waals surface area contributed by atoms with E-state index in [4.69, 9.17) is 18.9 Å². The van der Waals surface area contributed by atoms with Gasteiger partial charge in [-0.3, -0.25) is 9.59 Å². The molecule has 0 aromatic carbocycles. The van der Waals surface area contributed by atoms with Gasteiger partial charge in [-0.2, -0.15) is 0 Å². The monoisotopic (exact) mass is 385 g/mol. The average Bonchev–Trinajstić information content (AvgIpc) is 2.59. The Labute approximate surface area is 160 Å². The quantitative estimate of drug-likeness (QED) is 0.670. The van der Waals surface area contributed by atoms with Crippen LogP contribution in [0.15, 0.2) is 11.8 Å². The van der Waals surface area contributed by atoms with Crippen LogP contribution in [0.3, 0.4) is 0 Å². The van der Waals surface area contributed by atoms with Crippen LogP contribution in [0, 0.1) is 5.41 Å². The van der Waals surface area contributed by atoms with Gasteiger partial charge in [-0.05, 0) is 33.6 Å². The molecule has 154 valence electrons. The average molecular weight is 385 g/mol. The maximum absolute atomic E-state index is 12.4. The van der Waals surface area contributed by atoms with Gasteiger partial charge >= 0.3 is 11.9 Å². The summed E-state index contributed by atoms with van der Waals surface area (Å²) in [5.41, 5.74) is -0.760. The molecule has 0 saturated carbocycles. The van der Waals surface area contributed by atoms with Gasteiger partial charge in [0.15, 0.2) is 6.10 Å². The standard InChI is InChI=1S/C19H31NO7/c1-8-12(9-2)25-17-15(20-11(3)21)13(27-18(23)19(4,5)6)10-14(26-17)16(22)24-7/h10,12-13,15,17H,8-9H2,1-7H3,(H,20,21)/t13-,15+,17+/m0/s1. The summed E-state index contributed by atoms with van der Waals surface area (Å²) >= 11 is 0. The number of carbonyl (C=O) groups excluding carboxylic acids is 3. The van der Waals surface area contributed by atoms with Crippen molar-refractivity contribution in [3.63, 3.8) is 0 Å². The predicted octanol–water partition coefficient (Wildman–Crippen LogP) is 2.07. The molecule has 0 saturated heterocycles. The van der Waals surface area contributed by atoms with Crippen LogP contribution in [-0.4, -0.2) is 49.5 Å². The van der Waals surface area contributed by atoms with E-state index in [9.17, 15) is 14.4 Å². The second-order valence-electron chi connectivity index (χ2n) is 7.43. The molecule has 1 N–H and O–H groups in total. The number of nitrogens with one attached hydrogen (secondary N) is 1. The summed E-state index contributed by atoms with van der Waals surface area (Å²) in [6, 6.07) is -0.803. The van der Waals surface area contributed by atoms with E-state index in [1.165, 1.54) is 20.1 Å². The van der Waals surface area contributed by atoms with Crippen molar-refractivity contribution in [1.82, 2.24) is 5.32 Å². The van der Waals surface area contributed by atoms with Crippen LogP contribution in [0.1, 0.15) is 54.4 Å². The number of hydrogen-bond donors (Lipinski definition) is 1. The molecule has 27 heavy (non-hydrogen) atoms. The van der Waals surface area contributed by atoms with E-state index in [1.54, 1.807) is 20.8 Å². The Hall–Kier alpha value is -2.09. The van der Waals surface area contributed by atoms with E-state index >= 15 is 0 Å². The lowest BCUT2D eigenvalue weighted by Crippen LogP contribution is -2.56. The van der Waals surface area contributed by atoms with Crippen molar-refractivity contribution < 1.29 is 33.3 Å². The van der Waals surface area contributed by atoms with Gasteiger partial charge in [-0.25, -0.2) is 4.79 Å². The summed E-state index contributed by atoms with van der Waals surface area (Å²) in [7, 11) is 1.22. The molecule has 0 radical (unpaired) electrons. The van der Waals surface area contributed by atoms with E-state index in [0.29, 0.717) is 12.8 Å². The first-order valence-electron chi connectivity index (χ1n) is 9.13. The lowest BCUT2D eigenvalue weighted by molar-refractivity contribution is -0.202. The molecule has 1 aliphatic rings. The van der Waals surface area contributed by atoms with Crippen LogP contribution < -0.4 is 5.32 Å². The second kappa shape index (κ2) is 9.73. The zero-order valence-electron chi connectivity index (χ0n) is 17.2. The number of esters is 2. The topological polar surface area (TPSA) is 100 Å². The summed E-state index contributed by atoms with van der Waals surface area (Å²) in [5.74, 6) is -1.66. The Bertz CT molecular complexity index is 575. The van der Waals surface area contributed by atoms with Gasteiger partial charge in [-0.1, -0.05) is 13.8 Å². The van der Waals surface area contributed by atoms with Crippen LogP contribution in [-0.2, 0) is 33.3 Å². The third-order valence-corrected chi connectivity index (χ3v) is 4.06. The number of hydrogen-bond acceptors (Lipinski definition) is 7. The maximum Gasteiger partial charge on any atom is 0.373 e. The highest BCUT2D eigenvalue weighted by Crippen LogP contribution is 2.27. The van der Waals surface area contributed by atoms with E-state index in [1.807, 2.05) is 13.8 Å². The van der Waals surface area contributed by atoms with Crippen LogP contribution in [0.2, 0.25) is 0 Å². The zero-order chi connectivity index (χ0) is 20.8. The van der Waals surface area contributed by atoms with Crippen molar-refractivity contribution in [2.45, 2.75) is 78.9 Å². The van der Waals surface area contributed by atoms with Crippen molar-refractivity contribution in [1.29, 1.82) is 0 Å². The fourth-order valence-electron chi connectivity index (χ4n) is 2.44. The molecular weight excluding hydrogens is 354 g/mol. The van der Waals surface area contributed by atoms with Gasteiger partial charge < -0.3 is 24.3 Å². The molecule has 1 amide bonds. The highest BCUT2D eigenvalue weighted by molar-refractivity contribution is 5.86. The normalized spacial score (nSPS) is 22.5. The third-order valence-electron chi connectivity index (χ3n) is 4.06. The predicted molar refractivity (Wildman–Crippen MR) is 97.4 cm³/mol. The molecule has 0 fully saturated rings. The number of methoxy groups -OCH3 is 1. The molecule has 0 spiro atoms. The first-order chi connectivity index (χ1) is 12.5. The minimum Gasteiger partial charge on any atom is -0.463 e. The number of ether oxygens (including phenoxy) is 4. The maximum atomic E-state index is 12.4. The Morgan fingerprint density at radius 2 is 1.81 bits per heavy atom. The number of carbonyl (C=O) groups is 3. The van der Waals surface area contributed by atoms with Gasteiger partial charge in [-0.15, -0.1) is 0 Å². The molecule has 3 atom stereocenters. The summed E-state index contributed by atoms with van der Waals surface area (Å²) in [6.45, 7) is 10.4. The largest absolute Gasteiger partial charge is 0.463 e. The van der Waals surface area contributed by atoms with Crippen LogP contribution in [0.4, 0.5) is 0 Å². The van der Waals surface area contributed by atoms with Gasteiger partial charge in [0, 0.05) is 13.0 Å². The minimum atomic E-state index is -1.00. The van der Waals surface area contributed by atoms with E-state index in [0.717, 1.165) is 0 Å². The van der Waals surface area contributed by atoms with Crippen molar-refractivity contribution in [3.8, 4) is 0 Å². The first kappa shape index (κ1) is 23.0. The minimum absolute atomic E-state index is 0.123. The molecule has 8 heteroatoms. The van der Waals surface area contributed by atoms with Crippen molar-refractivity contribution in [3.05, 3.63) is 11.8 Å². The summed E-state index contributed by atoms with van der Waals surface area (Å²) in [5, 5.41) is 2.71. The molecule has 8 nitrogen and oxygen atoms in total. The second-order valence-corrected chi connectivity index (χ2v) is 7.43. The summed E-state index contributed by atoms with van der Waals surface area (Å²) in [4.78, 5) is 36.1. The van der Waals surface area contributed by atoms with Gasteiger partial charge in [0.1, 0.15) is 6.04 Å². The zero-order valence-corrected chi connectivity index (χ0v) is 17.2. The molecule has 0 bridgehead atoms. The Balaban J connectivity index is 3.25. The molecule has 0 aromatic rings. The molecular formula is C19H31NO7. The molecule has 0 unspecified atom stereocenters. The van der Waals surface area contributed by atoms with Gasteiger partial charge in [0.25, 0.3) is 0 Å². The molecule has 0 aromatic heterocycles. The van der Waals surface area contributed by atoms with Crippen molar-refractivity contribution in [2.24, 2.45) is 5.41 Å². The van der Waals surface area contributed by atoms with Crippen LogP contribution in [0.5, 0.6) is 0 Å². The SMILES string of the molecule is CCC(CC)O[C@@H]1OC(C(=O)OC)=C[C@H](OC(=O)C(C)(C)C)[C@H]1NC(C)=O. The Morgan fingerprint density at radius 1 is 1.22 bits per heavy atom. The van der Waals surface area contributed by atoms with Gasteiger partial charge in [0.05, 0.1) is 18.6 Å². The highest BCUT2D eigenvalue weighted by Gasteiger charge is 2.42. The molecule has 0 aliphatic carbocycles. The lowest BCUT2D eigenvalue weighted by atomic mass is 9.97.